The molecule has 4 rings (SSSR count). The number of carbonyl (C=O) groups is 2. The molecule has 1 N–H and O–H groups in total. The molecule has 0 radical (unpaired) electrons. The van der Waals surface area contributed by atoms with E-state index in [-0.39, 0.29) is 17.7 Å². The standard InChI is InChI=1S/C18H18BrN3O3S/c1-25-11-4-5-13(19)12(8-11)17(24)22-7-6-14-15(9-22)26-18(20-14)21-16(23)10-2-3-10/h4-5,8,10H,2-3,6-7,9H2,1H3,(H,20,21,23). The molecule has 2 aliphatic rings. The number of amides is 2. The fourth-order valence-electron chi connectivity index (χ4n) is 2.94. The van der Waals surface area contributed by atoms with Gasteiger partial charge in [-0.3, -0.25) is 9.59 Å². The molecule has 0 atom stereocenters. The summed E-state index contributed by atoms with van der Waals surface area (Å²) in [6, 6.07) is 5.38. The molecule has 0 spiro atoms. The first-order chi connectivity index (χ1) is 12.5. The van der Waals surface area contributed by atoms with E-state index in [1.165, 1.54) is 11.3 Å². The van der Waals surface area contributed by atoms with E-state index in [4.69, 9.17) is 4.74 Å². The molecule has 1 fully saturated rings. The second kappa shape index (κ2) is 7.00. The number of ether oxygens (including phenoxy) is 1. The zero-order valence-corrected chi connectivity index (χ0v) is 16.7. The van der Waals surface area contributed by atoms with Crippen molar-refractivity contribution in [3.63, 3.8) is 0 Å². The number of aromatic nitrogens is 1. The fourth-order valence-corrected chi connectivity index (χ4v) is 4.38. The van der Waals surface area contributed by atoms with Gasteiger partial charge in [0.15, 0.2) is 5.13 Å². The van der Waals surface area contributed by atoms with Crippen molar-refractivity contribution in [2.75, 3.05) is 19.0 Å². The van der Waals surface area contributed by atoms with Crippen LogP contribution < -0.4 is 10.1 Å². The molecule has 2 amide bonds. The number of fused-ring (bicyclic) bond motifs is 1. The maximum Gasteiger partial charge on any atom is 0.255 e. The van der Waals surface area contributed by atoms with Crippen LogP contribution in [0.2, 0.25) is 0 Å². The Morgan fingerprint density at radius 3 is 2.92 bits per heavy atom. The molecular weight excluding hydrogens is 418 g/mol. The van der Waals surface area contributed by atoms with Gasteiger partial charge in [0, 0.05) is 28.2 Å². The normalized spacial score (nSPS) is 16.2. The Labute approximate surface area is 163 Å². The number of anilines is 1. The minimum Gasteiger partial charge on any atom is -0.497 e. The predicted molar refractivity (Wildman–Crippen MR) is 103 cm³/mol. The first kappa shape index (κ1) is 17.5. The van der Waals surface area contributed by atoms with Crippen LogP contribution >= 0.6 is 27.3 Å². The van der Waals surface area contributed by atoms with Gasteiger partial charge in [-0.25, -0.2) is 4.98 Å². The van der Waals surface area contributed by atoms with Crippen LogP contribution in [0.25, 0.3) is 0 Å². The SMILES string of the molecule is COc1ccc(Br)c(C(=O)N2CCc3nc(NC(=O)C4CC4)sc3C2)c1. The lowest BCUT2D eigenvalue weighted by Gasteiger charge is -2.26. The Morgan fingerprint density at radius 1 is 1.38 bits per heavy atom. The van der Waals surface area contributed by atoms with Crippen LogP contribution in [0.5, 0.6) is 5.75 Å². The summed E-state index contributed by atoms with van der Waals surface area (Å²) < 4.78 is 5.97. The second-order valence-electron chi connectivity index (χ2n) is 6.47. The molecule has 1 aromatic heterocycles. The summed E-state index contributed by atoms with van der Waals surface area (Å²) in [5, 5.41) is 3.54. The number of carbonyl (C=O) groups excluding carboxylic acids is 2. The number of hydrogen-bond acceptors (Lipinski definition) is 5. The van der Waals surface area contributed by atoms with Gasteiger partial charge in [0.2, 0.25) is 5.91 Å². The van der Waals surface area contributed by atoms with Crippen LogP contribution in [0.15, 0.2) is 22.7 Å². The van der Waals surface area contributed by atoms with Crippen molar-refractivity contribution in [3.05, 3.63) is 38.8 Å². The molecule has 0 saturated heterocycles. The molecule has 1 aromatic carbocycles. The van der Waals surface area contributed by atoms with Gasteiger partial charge in [0.25, 0.3) is 5.91 Å². The summed E-state index contributed by atoms with van der Waals surface area (Å²) in [6.07, 6.45) is 2.63. The first-order valence-corrected chi connectivity index (χ1v) is 10.1. The molecule has 8 heteroatoms. The van der Waals surface area contributed by atoms with E-state index >= 15 is 0 Å². The lowest BCUT2D eigenvalue weighted by atomic mass is 10.1. The summed E-state index contributed by atoms with van der Waals surface area (Å²) in [5.41, 5.74) is 1.56. The largest absolute Gasteiger partial charge is 0.497 e. The number of benzene rings is 1. The summed E-state index contributed by atoms with van der Waals surface area (Å²) in [5.74, 6) is 0.819. The number of methoxy groups -OCH3 is 1. The van der Waals surface area contributed by atoms with E-state index in [9.17, 15) is 9.59 Å². The maximum atomic E-state index is 12.9. The van der Waals surface area contributed by atoms with Crippen molar-refractivity contribution in [1.82, 2.24) is 9.88 Å². The maximum absolute atomic E-state index is 12.9. The minimum atomic E-state index is -0.0432. The topological polar surface area (TPSA) is 71.5 Å². The quantitative estimate of drug-likeness (QED) is 0.797. The Bertz CT molecular complexity index is 879. The van der Waals surface area contributed by atoms with E-state index in [1.54, 1.807) is 13.2 Å². The van der Waals surface area contributed by atoms with Crippen LogP contribution in [0.1, 0.15) is 33.8 Å². The van der Waals surface area contributed by atoms with Gasteiger partial charge < -0.3 is 15.0 Å². The molecule has 136 valence electrons. The van der Waals surface area contributed by atoms with E-state index in [2.05, 4.69) is 26.2 Å². The summed E-state index contributed by atoms with van der Waals surface area (Å²) in [4.78, 5) is 32.2. The summed E-state index contributed by atoms with van der Waals surface area (Å²) in [7, 11) is 1.58. The van der Waals surface area contributed by atoms with E-state index in [1.807, 2.05) is 17.0 Å². The number of hydrogen-bond donors (Lipinski definition) is 1. The first-order valence-electron chi connectivity index (χ1n) is 8.47. The summed E-state index contributed by atoms with van der Waals surface area (Å²) in [6.45, 7) is 1.12. The number of nitrogens with zero attached hydrogens (tertiary/aromatic N) is 2. The van der Waals surface area contributed by atoms with E-state index in [0.29, 0.717) is 36.0 Å². The van der Waals surface area contributed by atoms with Crippen LogP contribution in [0, 0.1) is 5.92 Å². The smallest absolute Gasteiger partial charge is 0.255 e. The molecule has 6 nitrogen and oxygen atoms in total. The monoisotopic (exact) mass is 435 g/mol. The molecule has 2 heterocycles. The third-order valence-electron chi connectivity index (χ3n) is 4.60. The van der Waals surface area contributed by atoms with Crippen LogP contribution in [0.4, 0.5) is 5.13 Å². The molecule has 1 saturated carbocycles. The molecule has 0 bridgehead atoms. The highest BCUT2D eigenvalue weighted by Crippen LogP contribution is 2.33. The van der Waals surface area contributed by atoms with Crippen molar-refractivity contribution in [1.29, 1.82) is 0 Å². The second-order valence-corrected chi connectivity index (χ2v) is 8.41. The van der Waals surface area contributed by atoms with E-state index in [0.717, 1.165) is 27.9 Å². The Balaban J connectivity index is 1.50. The molecule has 0 unspecified atom stereocenters. The van der Waals surface area contributed by atoms with Crippen molar-refractivity contribution in [2.45, 2.75) is 25.8 Å². The Kier molecular flexibility index (Phi) is 4.71. The van der Waals surface area contributed by atoms with Gasteiger partial charge in [-0.2, -0.15) is 0 Å². The highest BCUT2D eigenvalue weighted by atomic mass is 79.9. The zero-order valence-electron chi connectivity index (χ0n) is 14.3. The average Bonchev–Trinajstić information content (AvgIpc) is 3.42. The van der Waals surface area contributed by atoms with Gasteiger partial charge in [0.1, 0.15) is 5.75 Å². The Morgan fingerprint density at radius 2 is 2.19 bits per heavy atom. The van der Waals surface area contributed by atoms with Gasteiger partial charge >= 0.3 is 0 Å². The number of halogens is 1. The van der Waals surface area contributed by atoms with Crippen molar-refractivity contribution in [3.8, 4) is 5.75 Å². The van der Waals surface area contributed by atoms with Gasteiger partial charge in [-0.1, -0.05) is 11.3 Å². The molecule has 26 heavy (non-hydrogen) atoms. The number of thiazole rings is 1. The summed E-state index contributed by atoms with van der Waals surface area (Å²) >= 11 is 4.91. The highest BCUT2D eigenvalue weighted by molar-refractivity contribution is 9.10. The molecular formula is C18H18BrN3O3S. The fraction of sp³-hybridized carbons (Fsp3) is 0.389. The Hall–Kier alpha value is -1.93. The van der Waals surface area contributed by atoms with Crippen LogP contribution in [-0.4, -0.2) is 35.4 Å². The third kappa shape index (κ3) is 3.48. The van der Waals surface area contributed by atoms with Crippen molar-refractivity contribution in [2.24, 2.45) is 5.92 Å². The number of rotatable bonds is 4. The van der Waals surface area contributed by atoms with Gasteiger partial charge in [-0.05, 0) is 47.0 Å². The lowest BCUT2D eigenvalue weighted by molar-refractivity contribution is -0.117. The van der Waals surface area contributed by atoms with E-state index < -0.39 is 0 Å². The molecule has 1 aliphatic carbocycles. The number of nitrogens with one attached hydrogen (secondary N) is 1. The minimum absolute atomic E-state index is 0.0432. The third-order valence-corrected chi connectivity index (χ3v) is 6.29. The highest BCUT2D eigenvalue weighted by Gasteiger charge is 2.31. The zero-order chi connectivity index (χ0) is 18.3. The van der Waals surface area contributed by atoms with Crippen LogP contribution in [-0.2, 0) is 17.8 Å². The van der Waals surface area contributed by atoms with Crippen LogP contribution in [0.3, 0.4) is 0 Å². The average molecular weight is 436 g/mol. The predicted octanol–water partition coefficient (Wildman–Crippen LogP) is 3.46. The van der Waals surface area contributed by atoms with Crippen molar-refractivity contribution < 1.29 is 14.3 Å². The molecule has 2 aromatic rings. The lowest BCUT2D eigenvalue weighted by Crippen LogP contribution is -2.35. The van der Waals surface area contributed by atoms with Gasteiger partial charge in [-0.15, -0.1) is 0 Å². The molecule has 1 aliphatic heterocycles. The van der Waals surface area contributed by atoms with Gasteiger partial charge in [0.05, 0.1) is 24.9 Å². The van der Waals surface area contributed by atoms with Crippen molar-refractivity contribution >= 4 is 44.2 Å².